The molecule has 0 aliphatic heterocycles. The van der Waals surface area contributed by atoms with Crippen LogP contribution in [0.1, 0.15) is 28.2 Å². The van der Waals surface area contributed by atoms with Crippen molar-refractivity contribution in [2.75, 3.05) is 0 Å². The maximum atomic E-state index is 10.4. The van der Waals surface area contributed by atoms with Crippen LogP contribution in [0, 0.1) is 11.3 Å². The fourth-order valence-corrected chi connectivity index (χ4v) is 4.17. The Balaban J connectivity index is 2.12. The van der Waals surface area contributed by atoms with Crippen LogP contribution in [0.4, 0.5) is 0 Å². The van der Waals surface area contributed by atoms with Crippen molar-refractivity contribution in [3.63, 3.8) is 0 Å². The van der Waals surface area contributed by atoms with Gasteiger partial charge in [0.2, 0.25) is 0 Å². The minimum absolute atomic E-state index is 0.374. The predicted molar refractivity (Wildman–Crippen MR) is 114 cm³/mol. The molecule has 1 heteroatoms. The standard InChI is InChI=1S/C27H21N/c28-21-26(22-13-5-1-6-14-22)27(23-15-7-2-8-16-23,24-17-9-3-10-18-24)25-19-11-4-12-20-25/h1-20,26H/t26-/m1/s1. The molecule has 4 rings (SSSR count). The van der Waals surface area contributed by atoms with Gasteiger partial charge in [-0.3, -0.25) is 0 Å². The average molecular weight is 359 g/mol. The summed E-state index contributed by atoms with van der Waals surface area (Å²) in [7, 11) is 0. The van der Waals surface area contributed by atoms with Gasteiger partial charge in [0, 0.05) is 0 Å². The first-order valence-electron chi connectivity index (χ1n) is 9.48. The Morgan fingerprint density at radius 3 is 1.14 bits per heavy atom. The van der Waals surface area contributed by atoms with Crippen LogP contribution in [0.25, 0.3) is 0 Å². The quantitative estimate of drug-likeness (QED) is 0.382. The molecular formula is C27H21N. The smallest absolute Gasteiger partial charge is 0.0890 e. The van der Waals surface area contributed by atoms with E-state index in [1.807, 2.05) is 36.4 Å². The van der Waals surface area contributed by atoms with E-state index in [0.717, 1.165) is 22.3 Å². The summed E-state index contributed by atoms with van der Waals surface area (Å²) < 4.78 is 0. The summed E-state index contributed by atoms with van der Waals surface area (Å²) in [5.74, 6) is -0.374. The van der Waals surface area contributed by atoms with E-state index in [9.17, 15) is 5.26 Å². The predicted octanol–water partition coefficient (Wildman–Crippen LogP) is 6.33. The van der Waals surface area contributed by atoms with Gasteiger partial charge in [-0.15, -0.1) is 0 Å². The van der Waals surface area contributed by atoms with Crippen molar-refractivity contribution in [1.29, 1.82) is 5.26 Å². The van der Waals surface area contributed by atoms with Gasteiger partial charge in [0.05, 0.1) is 17.4 Å². The summed E-state index contributed by atoms with van der Waals surface area (Å²) >= 11 is 0. The molecule has 0 N–H and O–H groups in total. The minimum atomic E-state index is -0.611. The maximum absolute atomic E-state index is 10.4. The lowest BCUT2D eigenvalue weighted by atomic mass is 9.60. The molecule has 1 atom stereocenters. The van der Waals surface area contributed by atoms with Gasteiger partial charge in [0.1, 0.15) is 0 Å². The van der Waals surface area contributed by atoms with E-state index in [4.69, 9.17) is 0 Å². The van der Waals surface area contributed by atoms with E-state index in [0.29, 0.717) is 0 Å². The Bertz CT molecular complexity index is 952. The molecule has 4 aromatic carbocycles. The molecule has 0 aromatic heterocycles. The zero-order valence-corrected chi connectivity index (χ0v) is 15.6. The van der Waals surface area contributed by atoms with E-state index in [1.54, 1.807) is 0 Å². The minimum Gasteiger partial charge on any atom is -0.198 e. The van der Waals surface area contributed by atoms with Gasteiger partial charge in [-0.25, -0.2) is 0 Å². The van der Waals surface area contributed by atoms with Crippen molar-refractivity contribution >= 4 is 0 Å². The molecule has 134 valence electrons. The SMILES string of the molecule is N#C[C@H](c1ccccc1)C(c1ccccc1)(c1ccccc1)c1ccccc1. The number of nitrogens with zero attached hydrogens (tertiary/aromatic N) is 1. The summed E-state index contributed by atoms with van der Waals surface area (Å²) in [5, 5.41) is 10.4. The van der Waals surface area contributed by atoms with Crippen LogP contribution in [0.5, 0.6) is 0 Å². The van der Waals surface area contributed by atoms with Gasteiger partial charge in [0.15, 0.2) is 0 Å². The molecule has 0 amide bonds. The highest BCUT2D eigenvalue weighted by atomic mass is 14.5. The lowest BCUT2D eigenvalue weighted by molar-refractivity contribution is 0.558. The van der Waals surface area contributed by atoms with Crippen LogP contribution in [0.15, 0.2) is 121 Å². The highest BCUT2D eigenvalue weighted by molar-refractivity contribution is 5.56. The monoisotopic (exact) mass is 359 g/mol. The molecule has 28 heavy (non-hydrogen) atoms. The Labute approximate surface area is 166 Å². The zero-order chi connectivity index (χ0) is 19.2. The Morgan fingerprint density at radius 2 is 0.821 bits per heavy atom. The highest BCUT2D eigenvalue weighted by Crippen LogP contribution is 2.49. The highest BCUT2D eigenvalue weighted by Gasteiger charge is 2.44. The molecule has 0 unspecified atom stereocenters. The lowest BCUT2D eigenvalue weighted by Gasteiger charge is -2.40. The van der Waals surface area contributed by atoms with E-state index >= 15 is 0 Å². The van der Waals surface area contributed by atoms with Crippen molar-refractivity contribution in [3.8, 4) is 6.07 Å². The number of benzene rings is 4. The second-order valence-corrected chi connectivity index (χ2v) is 6.88. The van der Waals surface area contributed by atoms with Gasteiger partial charge < -0.3 is 0 Å². The van der Waals surface area contributed by atoms with Crippen molar-refractivity contribution in [2.24, 2.45) is 0 Å². The van der Waals surface area contributed by atoms with Crippen LogP contribution in [-0.4, -0.2) is 0 Å². The third kappa shape index (κ3) is 3.00. The van der Waals surface area contributed by atoms with Gasteiger partial charge >= 0.3 is 0 Å². The number of nitriles is 1. The summed E-state index contributed by atoms with van der Waals surface area (Å²) in [6.45, 7) is 0. The molecule has 1 nitrogen and oxygen atoms in total. The van der Waals surface area contributed by atoms with Crippen LogP contribution in [0.3, 0.4) is 0 Å². The van der Waals surface area contributed by atoms with E-state index in [-0.39, 0.29) is 5.92 Å². The number of hydrogen-bond acceptors (Lipinski definition) is 1. The largest absolute Gasteiger partial charge is 0.198 e. The molecule has 0 saturated carbocycles. The van der Waals surface area contributed by atoms with Gasteiger partial charge in [-0.1, -0.05) is 121 Å². The van der Waals surface area contributed by atoms with Crippen LogP contribution in [-0.2, 0) is 5.41 Å². The Morgan fingerprint density at radius 1 is 0.500 bits per heavy atom. The van der Waals surface area contributed by atoms with Gasteiger partial charge in [0.25, 0.3) is 0 Å². The lowest BCUT2D eigenvalue weighted by Crippen LogP contribution is -2.36. The summed E-state index contributed by atoms with van der Waals surface area (Å²) in [6, 6.07) is 43.9. The molecule has 0 saturated heterocycles. The molecule has 0 aliphatic carbocycles. The fraction of sp³-hybridized carbons (Fsp3) is 0.0741. The van der Waals surface area contributed by atoms with Crippen LogP contribution in [0.2, 0.25) is 0 Å². The summed E-state index contributed by atoms with van der Waals surface area (Å²) in [4.78, 5) is 0. The second-order valence-electron chi connectivity index (χ2n) is 6.88. The third-order valence-electron chi connectivity index (χ3n) is 5.38. The molecular weight excluding hydrogens is 338 g/mol. The van der Waals surface area contributed by atoms with Crippen molar-refractivity contribution in [3.05, 3.63) is 144 Å². The molecule has 0 fully saturated rings. The van der Waals surface area contributed by atoms with Crippen molar-refractivity contribution < 1.29 is 0 Å². The summed E-state index contributed by atoms with van der Waals surface area (Å²) in [6.07, 6.45) is 0. The normalized spacial score (nSPS) is 12.1. The molecule has 0 spiro atoms. The fourth-order valence-electron chi connectivity index (χ4n) is 4.17. The molecule has 0 radical (unpaired) electrons. The zero-order valence-electron chi connectivity index (χ0n) is 15.6. The molecule has 0 bridgehead atoms. The Hall–Kier alpha value is -3.63. The van der Waals surface area contributed by atoms with Crippen LogP contribution < -0.4 is 0 Å². The topological polar surface area (TPSA) is 23.8 Å². The van der Waals surface area contributed by atoms with E-state index in [1.165, 1.54) is 0 Å². The maximum Gasteiger partial charge on any atom is 0.0890 e. The number of rotatable bonds is 5. The number of hydrogen-bond donors (Lipinski definition) is 0. The average Bonchev–Trinajstić information content (AvgIpc) is 2.80. The van der Waals surface area contributed by atoms with Gasteiger partial charge in [-0.05, 0) is 22.3 Å². The van der Waals surface area contributed by atoms with E-state index in [2.05, 4.69) is 91.0 Å². The van der Waals surface area contributed by atoms with E-state index < -0.39 is 5.41 Å². The van der Waals surface area contributed by atoms with Crippen molar-refractivity contribution in [2.45, 2.75) is 11.3 Å². The molecule has 0 aliphatic rings. The van der Waals surface area contributed by atoms with Gasteiger partial charge in [-0.2, -0.15) is 5.26 Å². The Kier molecular flexibility index (Phi) is 5.04. The summed E-state index contributed by atoms with van der Waals surface area (Å²) in [5.41, 5.74) is 3.75. The first-order valence-corrected chi connectivity index (χ1v) is 9.48. The first-order chi connectivity index (χ1) is 13.9. The molecule has 4 aromatic rings. The van der Waals surface area contributed by atoms with Crippen LogP contribution >= 0.6 is 0 Å². The third-order valence-corrected chi connectivity index (χ3v) is 5.38. The second kappa shape index (κ2) is 7.94. The van der Waals surface area contributed by atoms with Crippen molar-refractivity contribution in [1.82, 2.24) is 0 Å². The molecule has 0 heterocycles. The first kappa shape index (κ1) is 17.8.